The van der Waals surface area contributed by atoms with Crippen LogP contribution in [0.3, 0.4) is 0 Å². The fraction of sp³-hybridized carbons (Fsp3) is 0.375. The number of hydrogen-bond donors (Lipinski definition) is 1. The minimum absolute atomic E-state index is 0.186. The molecule has 0 aromatic heterocycles. The van der Waals surface area contributed by atoms with E-state index in [0.717, 1.165) is 19.1 Å². The summed E-state index contributed by atoms with van der Waals surface area (Å²) in [6.07, 6.45) is 3.48. The van der Waals surface area contributed by atoms with Crippen molar-refractivity contribution < 1.29 is 23.8 Å². The number of amides is 1. The van der Waals surface area contributed by atoms with Gasteiger partial charge in [-0.25, -0.2) is 0 Å². The molecule has 0 radical (unpaired) electrons. The summed E-state index contributed by atoms with van der Waals surface area (Å²) >= 11 is 0. The molecule has 22 heavy (non-hydrogen) atoms. The minimum atomic E-state index is -0.186. The van der Waals surface area contributed by atoms with Crippen LogP contribution in [0.1, 0.15) is 23.2 Å². The van der Waals surface area contributed by atoms with Crippen LogP contribution >= 0.6 is 0 Å². The molecular formula is C16H21NO5. The molecule has 1 amide bonds. The normalized spacial score (nSPS) is 9.73. The second-order valence-corrected chi connectivity index (χ2v) is 4.42. The topological polar surface area (TPSA) is 73.9 Å². The first kappa shape index (κ1) is 17.6. The molecule has 0 saturated heterocycles. The molecule has 0 aliphatic heterocycles. The SMILES string of the molecule is C=CC(=O)NCCCCOc1c(OC)cc(C=O)cc1OC. The zero-order chi connectivity index (χ0) is 16.4. The Balaban J connectivity index is 2.56. The van der Waals surface area contributed by atoms with E-state index in [0.29, 0.717) is 36.0 Å². The monoisotopic (exact) mass is 307 g/mol. The Bertz CT molecular complexity index is 502. The highest BCUT2D eigenvalue weighted by Gasteiger charge is 2.13. The highest BCUT2D eigenvalue weighted by Crippen LogP contribution is 2.38. The molecule has 0 atom stereocenters. The van der Waals surface area contributed by atoms with Crippen LogP contribution in [0.5, 0.6) is 17.2 Å². The maximum atomic E-state index is 11.0. The fourth-order valence-electron chi connectivity index (χ4n) is 1.80. The van der Waals surface area contributed by atoms with Crippen molar-refractivity contribution >= 4 is 12.2 Å². The Morgan fingerprint density at radius 2 is 1.86 bits per heavy atom. The van der Waals surface area contributed by atoms with E-state index in [9.17, 15) is 9.59 Å². The van der Waals surface area contributed by atoms with Gasteiger partial charge in [0.05, 0.1) is 20.8 Å². The second kappa shape index (κ2) is 9.44. The molecule has 0 heterocycles. The van der Waals surface area contributed by atoms with Crippen molar-refractivity contribution in [2.45, 2.75) is 12.8 Å². The summed E-state index contributed by atoms with van der Waals surface area (Å²) in [7, 11) is 3.00. The van der Waals surface area contributed by atoms with Crippen LogP contribution < -0.4 is 19.5 Å². The summed E-state index contributed by atoms with van der Waals surface area (Å²) in [6, 6.07) is 3.18. The zero-order valence-corrected chi connectivity index (χ0v) is 12.9. The molecule has 0 fully saturated rings. The molecule has 1 N–H and O–H groups in total. The molecule has 1 rings (SSSR count). The van der Waals surface area contributed by atoms with Gasteiger partial charge in [-0.1, -0.05) is 6.58 Å². The van der Waals surface area contributed by atoms with Gasteiger partial charge in [0.1, 0.15) is 6.29 Å². The molecule has 0 aliphatic carbocycles. The first-order valence-electron chi connectivity index (χ1n) is 6.90. The standard InChI is InChI=1S/C16H21NO5/c1-4-15(19)17-7-5-6-8-22-16-13(20-2)9-12(11-18)10-14(16)21-3/h4,9-11H,1,5-8H2,2-3H3,(H,17,19). The summed E-state index contributed by atoms with van der Waals surface area (Å²) in [5.41, 5.74) is 0.452. The van der Waals surface area contributed by atoms with Gasteiger partial charge in [-0.05, 0) is 31.1 Å². The molecule has 0 spiro atoms. The molecule has 0 saturated carbocycles. The van der Waals surface area contributed by atoms with Crippen LogP contribution in [0.4, 0.5) is 0 Å². The lowest BCUT2D eigenvalue weighted by Gasteiger charge is -2.15. The van der Waals surface area contributed by atoms with E-state index in [4.69, 9.17) is 14.2 Å². The van der Waals surface area contributed by atoms with Gasteiger partial charge < -0.3 is 19.5 Å². The molecule has 1 aromatic carbocycles. The third kappa shape index (κ3) is 5.12. The molecule has 0 bridgehead atoms. The highest BCUT2D eigenvalue weighted by atomic mass is 16.5. The van der Waals surface area contributed by atoms with E-state index in [1.54, 1.807) is 12.1 Å². The largest absolute Gasteiger partial charge is 0.493 e. The van der Waals surface area contributed by atoms with E-state index in [1.165, 1.54) is 20.3 Å². The Hall–Kier alpha value is -2.50. The number of methoxy groups -OCH3 is 2. The van der Waals surface area contributed by atoms with Gasteiger partial charge in [0, 0.05) is 12.1 Å². The van der Waals surface area contributed by atoms with Gasteiger partial charge in [-0.3, -0.25) is 9.59 Å². The quantitative estimate of drug-likeness (QED) is 0.406. The molecule has 6 heteroatoms. The van der Waals surface area contributed by atoms with Gasteiger partial charge >= 0.3 is 0 Å². The molecule has 0 aliphatic rings. The third-order valence-corrected chi connectivity index (χ3v) is 2.92. The number of aldehydes is 1. The fourth-order valence-corrected chi connectivity index (χ4v) is 1.80. The van der Waals surface area contributed by atoms with Crippen molar-refractivity contribution in [1.29, 1.82) is 0 Å². The summed E-state index contributed by atoms with van der Waals surface area (Å²) in [6.45, 7) is 4.38. The van der Waals surface area contributed by atoms with Gasteiger partial charge in [0.15, 0.2) is 11.5 Å². The van der Waals surface area contributed by atoms with Crippen LogP contribution in [0.2, 0.25) is 0 Å². The van der Waals surface area contributed by atoms with Crippen LogP contribution in [0.25, 0.3) is 0 Å². The maximum Gasteiger partial charge on any atom is 0.243 e. The third-order valence-electron chi connectivity index (χ3n) is 2.92. The van der Waals surface area contributed by atoms with Gasteiger partial charge in [0.2, 0.25) is 11.7 Å². The molecule has 1 aromatic rings. The van der Waals surface area contributed by atoms with Gasteiger partial charge in [0.25, 0.3) is 0 Å². The lowest BCUT2D eigenvalue weighted by Crippen LogP contribution is -2.22. The van der Waals surface area contributed by atoms with Crippen LogP contribution in [-0.4, -0.2) is 39.6 Å². The summed E-state index contributed by atoms with van der Waals surface area (Å²) in [4.78, 5) is 21.8. The molecular weight excluding hydrogens is 286 g/mol. The Morgan fingerprint density at radius 1 is 1.23 bits per heavy atom. The highest BCUT2D eigenvalue weighted by molar-refractivity contribution is 5.86. The van der Waals surface area contributed by atoms with Gasteiger partial charge in [-0.2, -0.15) is 0 Å². The lowest BCUT2D eigenvalue weighted by molar-refractivity contribution is -0.116. The van der Waals surface area contributed by atoms with Crippen LogP contribution in [0.15, 0.2) is 24.8 Å². The summed E-state index contributed by atoms with van der Waals surface area (Å²) in [5, 5.41) is 2.69. The van der Waals surface area contributed by atoms with Crippen molar-refractivity contribution in [3.05, 3.63) is 30.4 Å². The molecule has 120 valence electrons. The van der Waals surface area contributed by atoms with E-state index >= 15 is 0 Å². The Kier molecular flexibility index (Phi) is 7.53. The lowest BCUT2D eigenvalue weighted by atomic mass is 10.2. The number of hydrogen-bond acceptors (Lipinski definition) is 5. The van der Waals surface area contributed by atoms with Gasteiger partial charge in [-0.15, -0.1) is 0 Å². The molecule has 0 unspecified atom stereocenters. The van der Waals surface area contributed by atoms with Crippen molar-refractivity contribution in [3.8, 4) is 17.2 Å². The maximum absolute atomic E-state index is 11.0. The smallest absolute Gasteiger partial charge is 0.243 e. The first-order valence-corrected chi connectivity index (χ1v) is 6.90. The first-order chi connectivity index (χ1) is 10.7. The van der Waals surface area contributed by atoms with Crippen molar-refractivity contribution in [2.75, 3.05) is 27.4 Å². The summed E-state index contributed by atoms with van der Waals surface area (Å²) in [5.74, 6) is 1.17. The number of benzene rings is 1. The van der Waals surface area contributed by atoms with E-state index in [1.807, 2.05) is 0 Å². The van der Waals surface area contributed by atoms with Crippen LogP contribution in [0, 0.1) is 0 Å². The Morgan fingerprint density at radius 3 is 2.36 bits per heavy atom. The number of nitrogens with one attached hydrogen (secondary N) is 1. The van der Waals surface area contributed by atoms with E-state index < -0.39 is 0 Å². The average Bonchev–Trinajstić information content (AvgIpc) is 2.56. The number of unbranched alkanes of at least 4 members (excludes halogenated alkanes) is 1. The van der Waals surface area contributed by atoms with Crippen molar-refractivity contribution in [3.63, 3.8) is 0 Å². The number of ether oxygens (including phenoxy) is 3. The number of carbonyl (C=O) groups is 2. The predicted octanol–water partition coefficient (Wildman–Crippen LogP) is 1.98. The van der Waals surface area contributed by atoms with Crippen LogP contribution in [-0.2, 0) is 4.79 Å². The number of carbonyl (C=O) groups excluding carboxylic acids is 2. The minimum Gasteiger partial charge on any atom is -0.493 e. The van der Waals surface area contributed by atoms with Crippen molar-refractivity contribution in [1.82, 2.24) is 5.32 Å². The van der Waals surface area contributed by atoms with E-state index in [2.05, 4.69) is 11.9 Å². The average molecular weight is 307 g/mol. The van der Waals surface area contributed by atoms with Crippen molar-refractivity contribution in [2.24, 2.45) is 0 Å². The molecule has 6 nitrogen and oxygen atoms in total. The van der Waals surface area contributed by atoms with E-state index in [-0.39, 0.29) is 5.91 Å². The number of rotatable bonds is 10. The predicted molar refractivity (Wildman–Crippen MR) is 82.9 cm³/mol. The summed E-state index contributed by atoms with van der Waals surface area (Å²) < 4.78 is 16.1. The zero-order valence-electron chi connectivity index (χ0n) is 12.9. The second-order valence-electron chi connectivity index (χ2n) is 4.42. The Labute approximate surface area is 130 Å².